The number of aromatic nitrogens is 1. The van der Waals surface area contributed by atoms with Crippen LogP contribution >= 0.6 is 0 Å². The molecule has 0 radical (unpaired) electrons. The Bertz CT molecular complexity index is 707. The lowest BCUT2D eigenvalue weighted by molar-refractivity contribution is 0.572. The van der Waals surface area contributed by atoms with Crippen molar-refractivity contribution in [1.29, 1.82) is 0 Å². The lowest BCUT2D eigenvalue weighted by atomic mass is 10.1. The molecule has 0 aliphatic heterocycles. The number of oxazole rings is 1. The second kappa shape index (κ2) is 7.81. The van der Waals surface area contributed by atoms with Gasteiger partial charge in [-0.3, -0.25) is 4.99 Å². The van der Waals surface area contributed by atoms with Crippen LogP contribution in [0.25, 0.3) is 11.5 Å². The number of guanidine groups is 1. The third-order valence-corrected chi connectivity index (χ3v) is 4.10. The minimum atomic E-state index is 0.455. The summed E-state index contributed by atoms with van der Waals surface area (Å²) in [6.07, 6.45) is 9.04. The molecule has 1 aromatic carbocycles. The molecule has 1 aliphatic rings. The molecule has 1 aliphatic carbocycles. The van der Waals surface area contributed by atoms with E-state index in [1.165, 1.54) is 5.56 Å². The summed E-state index contributed by atoms with van der Waals surface area (Å²) in [6, 6.07) is 8.65. The van der Waals surface area contributed by atoms with E-state index >= 15 is 0 Å². The van der Waals surface area contributed by atoms with Crippen LogP contribution in [0.15, 0.2) is 52.1 Å². The number of benzene rings is 1. The Balaban J connectivity index is 1.49. The number of aliphatic imine (C=N–C) groups is 1. The van der Waals surface area contributed by atoms with Gasteiger partial charge < -0.3 is 15.1 Å². The maximum atomic E-state index is 5.59. The van der Waals surface area contributed by atoms with Gasteiger partial charge in [0.15, 0.2) is 5.96 Å². The monoisotopic (exact) mass is 324 g/mol. The van der Waals surface area contributed by atoms with Crippen LogP contribution in [0.2, 0.25) is 0 Å². The van der Waals surface area contributed by atoms with Crippen LogP contribution in [0.4, 0.5) is 0 Å². The molecule has 5 nitrogen and oxygen atoms in total. The standard InChI is InChI=1S/C19H24N4O/c1-14-7-9-15(10-8-14)18-22-17(13-24-18)11-12-21-19(20-2)23-16-5-3-4-6-16/h3-4,7-10,13,16H,5-6,11-12H2,1-2H3,(H2,20,21,23). The van der Waals surface area contributed by atoms with E-state index in [9.17, 15) is 0 Å². The summed E-state index contributed by atoms with van der Waals surface area (Å²) in [5, 5.41) is 6.75. The zero-order valence-electron chi connectivity index (χ0n) is 14.2. The Morgan fingerprint density at radius 2 is 2.00 bits per heavy atom. The van der Waals surface area contributed by atoms with Gasteiger partial charge in [-0.15, -0.1) is 0 Å². The Morgan fingerprint density at radius 1 is 1.25 bits per heavy atom. The zero-order chi connectivity index (χ0) is 16.8. The molecule has 0 spiro atoms. The lowest BCUT2D eigenvalue weighted by Crippen LogP contribution is -2.43. The van der Waals surface area contributed by atoms with E-state index in [0.29, 0.717) is 11.9 Å². The van der Waals surface area contributed by atoms with Crippen LogP contribution in [0.3, 0.4) is 0 Å². The number of hydrogen-bond acceptors (Lipinski definition) is 3. The van der Waals surface area contributed by atoms with E-state index < -0.39 is 0 Å². The van der Waals surface area contributed by atoms with Gasteiger partial charge in [-0.25, -0.2) is 4.98 Å². The Kier molecular flexibility index (Phi) is 5.31. The maximum absolute atomic E-state index is 5.59. The van der Waals surface area contributed by atoms with E-state index in [0.717, 1.165) is 43.0 Å². The molecule has 0 amide bonds. The highest BCUT2D eigenvalue weighted by Crippen LogP contribution is 2.19. The van der Waals surface area contributed by atoms with Crippen LogP contribution in [0.5, 0.6) is 0 Å². The molecule has 0 bridgehead atoms. The van der Waals surface area contributed by atoms with E-state index in [2.05, 4.69) is 51.8 Å². The van der Waals surface area contributed by atoms with Crippen LogP contribution in [-0.2, 0) is 6.42 Å². The Hall–Kier alpha value is -2.56. The predicted octanol–water partition coefficient (Wildman–Crippen LogP) is 3.08. The van der Waals surface area contributed by atoms with Gasteiger partial charge in [0.25, 0.3) is 0 Å². The van der Waals surface area contributed by atoms with Crippen LogP contribution < -0.4 is 10.6 Å². The number of rotatable bonds is 5. The normalized spacial score (nSPS) is 15.0. The SMILES string of the molecule is CN=C(NCCc1coc(-c2ccc(C)cc2)n1)NC1CC=CC1. The first kappa shape index (κ1) is 16.3. The number of hydrogen-bond donors (Lipinski definition) is 2. The van der Waals surface area contributed by atoms with Crippen LogP contribution in [-0.4, -0.2) is 30.6 Å². The summed E-state index contributed by atoms with van der Waals surface area (Å²) in [5.41, 5.74) is 3.17. The van der Waals surface area contributed by atoms with Crippen molar-refractivity contribution in [3.8, 4) is 11.5 Å². The van der Waals surface area contributed by atoms with E-state index in [1.807, 2.05) is 12.1 Å². The largest absolute Gasteiger partial charge is 0.444 e. The molecule has 3 rings (SSSR count). The number of aryl methyl sites for hydroxylation is 1. The van der Waals surface area contributed by atoms with Gasteiger partial charge in [0.05, 0.1) is 5.69 Å². The van der Waals surface area contributed by atoms with Crippen molar-refractivity contribution < 1.29 is 4.42 Å². The van der Waals surface area contributed by atoms with Gasteiger partial charge >= 0.3 is 0 Å². The molecule has 0 saturated heterocycles. The molecule has 5 heteroatoms. The van der Waals surface area contributed by atoms with Crippen molar-refractivity contribution >= 4 is 5.96 Å². The molecular weight excluding hydrogens is 300 g/mol. The number of nitrogens with one attached hydrogen (secondary N) is 2. The van der Waals surface area contributed by atoms with Gasteiger partial charge in [-0.2, -0.15) is 0 Å². The Labute approximate surface area is 142 Å². The average Bonchev–Trinajstić information content (AvgIpc) is 3.26. The topological polar surface area (TPSA) is 62.5 Å². The van der Waals surface area contributed by atoms with Crippen molar-refractivity contribution in [2.24, 2.45) is 4.99 Å². The summed E-state index contributed by atoms with van der Waals surface area (Å²) < 4.78 is 5.59. The van der Waals surface area contributed by atoms with E-state index in [4.69, 9.17) is 4.42 Å². The molecule has 24 heavy (non-hydrogen) atoms. The first-order chi connectivity index (χ1) is 11.7. The third-order valence-electron chi connectivity index (χ3n) is 4.10. The van der Waals surface area contributed by atoms with E-state index in [1.54, 1.807) is 13.3 Å². The molecule has 1 heterocycles. The molecule has 2 aromatic rings. The number of nitrogens with zero attached hydrogens (tertiary/aromatic N) is 2. The first-order valence-electron chi connectivity index (χ1n) is 8.38. The van der Waals surface area contributed by atoms with Gasteiger partial charge in [0.2, 0.25) is 5.89 Å². The highest BCUT2D eigenvalue weighted by atomic mass is 16.3. The van der Waals surface area contributed by atoms with Crippen molar-refractivity contribution in [2.75, 3.05) is 13.6 Å². The second-order valence-corrected chi connectivity index (χ2v) is 6.04. The summed E-state index contributed by atoms with van der Waals surface area (Å²) in [6.45, 7) is 2.83. The van der Waals surface area contributed by atoms with Gasteiger partial charge in [0.1, 0.15) is 6.26 Å². The summed E-state index contributed by atoms with van der Waals surface area (Å²) in [7, 11) is 1.79. The van der Waals surface area contributed by atoms with Crippen molar-refractivity contribution in [3.05, 3.63) is 53.9 Å². The molecule has 126 valence electrons. The third kappa shape index (κ3) is 4.25. The van der Waals surface area contributed by atoms with Gasteiger partial charge in [0, 0.05) is 31.6 Å². The van der Waals surface area contributed by atoms with Crippen molar-refractivity contribution in [1.82, 2.24) is 15.6 Å². The highest BCUT2D eigenvalue weighted by Gasteiger charge is 2.11. The van der Waals surface area contributed by atoms with Crippen molar-refractivity contribution in [2.45, 2.75) is 32.2 Å². The minimum Gasteiger partial charge on any atom is -0.444 e. The smallest absolute Gasteiger partial charge is 0.226 e. The molecule has 0 fully saturated rings. The quantitative estimate of drug-likeness (QED) is 0.504. The molecular formula is C19H24N4O. The minimum absolute atomic E-state index is 0.455. The van der Waals surface area contributed by atoms with Gasteiger partial charge in [-0.1, -0.05) is 29.8 Å². The van der Waals surface area contributed by atoms with E-state index in [-0.39, 0.29) is 0 Å². The Morgan fingerprint density at radius 3 is 2.71 bits per heavy atom. The fourth-order valence-electron chi connectivity index (χ4n) is 2.68. The van der Waals surface area contributed by atoms with Crippen LogP contribution in [0.1, 0.15) is 24.1 Å². The molecule has 0 unspecified atom stereocenters. The summed E-state index contributed by atoms with van der Waals surface area (Å²) >= 11 is 0. The predicted molar refractivity (Wildman–Crippen MR) is 97.0 cm³/mol. The second-order valence-electron chi connectivity index (χ2n) is 6.04. The first-order valence-corrected chi connectivity index (χ1v) is 8.38. The maximum Gasteiger partial charge on any atom is 0.226 e. The molecule has 1 aromatic heterocycles. The lowest BCUT2D eigenvalue weighted by Gasteiger charge is -2.16. The molecule has 0 saturated carbocycles. The summed E-state index contributed by atoms with van der Waals surface area (Å²) in [4.78, 5) is 8.83. The average molecular weight is 324 g/mol. The van der Waals surface area contributed by atoms with Crippen LogP contribution in [0, 0.1) is 6.92 Å². The summed E-state index contributed by atoms with van der Waals surface area (Å²) in [5.74, 6) is 1.51. The van der Waals surface area contributed by atoms with Crippen molar-refractivity contribution in [3.63, 3.8) is 0 Å². The zero-order valence-corrected chi connectivity index (χ0v) is 14.2. The highest BCUT2D eigenvalue weighted by molar-refractivity contribution is 5.80. The fourth-order valence-corrected chi connectivity index (χ4v) is 2.68. The molecule has 2 N–H and O–H groups in total. The van der Waals surface area contributed by atoms with Gasteiger partial charge in [-0.05, 0) is 31.9 Å². The fraction of sp³-hybridized carbons (Fsp3) is 0.368. The molecule has 0 atom stereocenters.